The van der Waals surface area contributed by atoms with Gasteiger partial charge in [0.25, 0.3) is 0 Å². The lowest BCUT2D eigenvalue weighted by Crippen LogP contribution is -3.00. The number of quaternary nitrogens is 1. The van der Waals surface area contributed by atoms with Crippen molar-refractivity contribution in [3.63, 3.8) is 0 Å². The summed E-state index contributed by atoms with van der Waals surface area (Å²) in [5.74, 6) is 0.661. The molecule has 4 heteroatoms. The summed E-state index contributed by atoms with van der Waals surface area (Å²) >= 11 is 0. The zero-order chi connectivity index (χ0) is 10.4. The molecule has 1 rings (SSSR count). The lowest BCUT2D eigenvalue weighted by atomic mass is 9.83. The van der Waals surface area contributed by atoms with Gasteiger partial charge >= 0.3 is 5.97 Å². The summed E-state index contributed by atoms with van der Waals surface area (Å²) in [4.78, 5) is 11.1. The number of carbonyl (C=O) groups is 1. The Labute approximate surface area is 98.2 Å². The molecule has 0 aromatic heterocycles. The van der Waals surface area contributed by atoms with Crippen molar-refractivity contribution in [2.45, 2.75) is 51.5 Å². The van der Waals surface area contributed by atoms with Crippen LogP contribution in [0.15, 0.2) is 0 Å². The Bertz CT molecular complexity index is 187. The molecule has 0 aliphatic heterocycles. The Balaban J connectivity index is 0.00000196. The van der Waals surface area contributed by atoms with Crippen LogP contribution >= 0.6 is 0 Å². The predicted octanol–water partition coefficient (Wildman–Crippen LogP) is -1.87. The first kappa shape index (κ1) is 14.7. The van der Waals surface area contributed by atoms with Crippen LogP contribution in [0, 0.1) is 5.92 Å². The van der Waals surface area contributed by atoms with E-state index in [1.165, 1.54) is 25.7 Å². The largest absolute Gasteiger partial charge is 1.00 e. The standard InChI is InChI=1S/C11H21NO2.ClH/c1-2-14-11(13)7-6-9-4-3-5-10(12)8-9;/h9-10H,2-8,12H2,1H3;1H. The van der Waals surface area contributed by atoms with Crippen LogP contribution in [-0.4, -0.2) is 18.6 Å². The van der Waals surface area contributed by atoms with Crippen molar-refractivity contribution in [1.82, 2.24) is 0 Å². The van der Waals surface area contributed by atoms with E-state index in [0.29, 0.717) is 25.0 Å². The third-order valence-corrected chi connectivity index (χ3v) is 2.95. The quantitative estimate of drug-likeness (QED) is 0.581. The first-order valence-corrected chi connectivity index (χ1v) is 5.71. The monoisotopic (exact) mass is 235 g/mol. The molecule has 0 spiro atoms. The summed E-state index contributed by atoms with van der Waals surface area (Å²) in [7, 11) is 0. The first-order chi connectivity index (χ1) is 6.72. The zero-order valence-electron chi connectivity index (χ0n) is 9.51. The molecule has 0 saturated heterocycles. The second-order valence-electron chi connectivity index (χ2n) is 4.24. The predicted molar refractivity (Wildman–Crippen MR) is 54.5 cm³/mol. The van der Waals surface area contributed by atoms with E-state index in [1.54, 1.807) is 0 Å². The molecular weight excluding hydrogens is 214 g/mol. The molecule has 1 saturated carbocycles. The van der Waals surface area contributed by atoms with Crippen LogP contribution in [0.1, 0.15) is 45.4 Å². The molecule has 3 nitrogen and oxygen atoms in total. The van der Waals surface area contributed by atoms with Gasteiger partial charge < -0.3 is 22.9 Å². The fourth-order valence-electron chi connectivity index (χ4n) is 2.22. The second kappa shape index (κ2) is 7.94. The SMILES string of the molecule is CCOC(=O)CCC1CCCC([NH3+])C1.[Cl-]. The number of hydrogen-bond acceptors (Lipinski definition) is 2. The van der Waals surface area contributed by atoms with Gasteiger partial charge in [0.1, 0.15) is 0 Å². The first-order valence-electron chi connectivity index (χ1n) is 5.71. The maximum atomic E-state index is 11.1. The number of rotatable bonds is 4. The van der Waals surface area contributed by atoms with Crippen molar-refractivity contribution in [3.05, 3.63) is 0 Å². The average Bonchev–Trinajstić information content (AvgIpc) is 2.15. The molecule has 0 bridgehead atoms. The highest BCUT2D eigenvalue weighted by Gasteiger charge is 2.21. The van der Waals surface area contributed by atoms with Gasteiger partial charge in [-0.3, -0.25) is 4.79 Å². The molecular formula is C11H22ClNO2. The van der Waals surface area contributed by atoms with E-state index in [0.717, 1.165) is 6.42 Å². The lowest BCUT2D eigenvalue weighted by molar-refractivity contribution is -0.428. The van der Waals surface area contributed by atoms with E-state index in [1.807, 2.05) is 6.92 Å². The third-order valence-electron chi connectivity index (χ3n) is 2.95. The van der Waals surface area contributed by atoms with Gasteiger partial charge in [-0.05, 0) is 38.5 Å². The van der Waals surface area contributed by atoms with Gasteiger partial charge in [0.2, 0.25) is 0 Å². The molecule has 1 fully saturated rings. The minimum Gasteiger partial charge on any atom is -1.00 e. The van der Waals surface area contributed by atoms with Crippen molar-refractivity contribution < 1.29 is 27.7 Å². The van der Waals surface area contributed by atoms with Crippen molar-refractivity contribution >= 4 is 5.97 Å². The van der Waals surface area contributed by atoms with Crippen LogP contribution in [0.3, 0.4) is 0 Å². The third kappa shape index (κ3) is 6.00. The van der Waals surface area contributed by atoms with Crippen molar-refractivity contribution in [2.75, 3.05) is 6.61 Å². The van der Waals surface area contributed by atoms with Crippen LogP contribution in [-0.2, 0) is 9.53 Å². The number of ether oxygens (including phenoxy) is 1. The molecule has 3 N–H and O–H groups in total. The van der Waals surface area contributed by atoms with Crippen molar-refractivity contribution in [2.24, 2.45) is 5.92 Å². The van der Waals surface area contributed by atoms with Crippen LogP contribution in [0.2, 0.25) is 0 Å². The molecule has 0 amide bonds. The molecule has 0 radical (unpaired) electrons. The van der Waals surface area contributed by atoms with E-state index >= 15 is 0 Å². The summed E-state index contributed by atoms with van der Waals surface area (Å²) in [5, 5.41) is 0. The minimum absolute atomic E-state index is 0. The van der Waals surface area contributed by atoms with Crippen LogP contribution in [0.25, 0.3) is 0 Å². The summed E-state index contributed by atoms with van der Waals surface area (Å²) in [6, 6.07) is 0.607. The summed E-state index contributed by atoms with van der Waals surface area (Å²) in [6.45, 7) is 2.35. The highest BCUT2D eigenvalue weighted by molar-refractivity contribution is 5.69. The molecule has 2 unspecified atom stereocenters. The van der Waals surface area contributed by atoms with Gasteiger partial charge in [-0.2, -0.15) is 0 Å². The Morgan fingerprint density at radius 2 is 2.20 bits per heavy atom. The lowest BCUT2D eigenvalue weighted by Gasteiger charge is -2.23. The maximum Gasteiger partial charge on any atom is 0.305 e. The van der Waals surface area contributed by atoms with Crippen molar-refractivity contribution in [1.29, 1.82) is 0 Å². The molecule has 1 aliphatic rings. The Hall–Kier alpha value is -0.280. The van der Waals surface area contributed by atoms with E-state index in [2.05, 4.69) is 5.73 Å². The molecule has 15 heavy (non-hydrogen) atoms. The van der Waals surface area contributed by atoms with Crippen molar-refractivity contribution in [3.8, 4) is 0 Å². The Morgan fingerprint density at radius 1 is 1.47 bits per heavy atom. The molecule has 2 atom stereocenters. The number of hydrogen-bond donors (Lipinski definition) is 1. The van der Waals surface area contributed by atoms with Crippen LogP contribution < -0.4 is 18.1 Å². The van der Waals surface area contributed by atoms with E-state index < -0.39 is 0 Å². The minimum atomic E-state index is -0.0429. The zero-order valence-corrected chi connectivity index (χ0v) is 10.3. The smallest absolute Gasteiger partial charge is 0.305 e. The highest BCUT2D eigenvalue weighted by atomic mass is 35.5. The van der Waals surface area contributed by atoms with Gasteiger partial charge in [-0.1, -0.05) is 0 Å². The van der Waals surface area contributed by atoms with Gasteiger partial charge in [-0.25, -0.2) is 0 Å². The normalized spacial score (nSPS) is 25.5. The van der Waals surface area contributed by atoms with E-state index in [-0.39, 0.29) is 18.4 Å². The summed E-state index contributed by atoms with van der Waals surface area (Å²) in [5.41, 5.74) is 4.10. The van der Waals surface area contributed by atoms with Crippen LogP contribution in [0.4, 0.5) is 0 Å². The molecule has 90 valence electrons. The molecule has 0 heterocycles. The fourth-order valence-corrected chi connectivity index (χ4v) is 2.22. The molecule has 1 aliphatic carbocycles. The van der Waals surface area contributed by atoms with E-state index in [4.69, 9.17) is 4.74 Å². The Morgan fingerprint density at radius 3 is 2.80 bits per heavy atom. The van der Waals surface area contributed by atoms with Gasteiger partial charge in [-0.15, -0.1) is 0 Å². The van der Waals surface area contributed by atoms with E-state index in [9.17, 15) is 4.79 Å². The topological polar surface area (TPSA) is 53.9 Å². The molecule has 0 aromatic rings. The Kier molecular flexibility index (Phi) is 7.79. The fraction of sp³-hybridized carbons (Fsp3) is 0.909. The van der Waals surface area contributed by atoms with Crippen LogP contribution in [0.5, 0.6) is 0 Å². The second-order valence-corrected chi connectivity index (χ2v) is 4.24. The highest BCUT2D eigenvalue weighted by Crippen LogP contribution is 2.26. The molecule has 0 aromatic carbocycles. The summed E-state index contributed by atoms with van der Waals surface area (Å²) in [6.07, 6.45) is 6.58. The summed E-state index contributed by atoms with van der Waals surface area (Å²) < 4.78 is 4.91. The van der Waals surface area contributed by atoms with Gasteiger partial charge in [0.05, 0.1) is 12.6 Å². The number of halogens is 1. The number of carbonyl (C=O) groups excluding carboxylic acids is 1. The van der Waals surface area contributed by atoms with Gasteiger partial charge in [0.15, 0.2) is 0 Å². The average molecular weight is 236 g/mol. The number of esters is 1. The maximum absolute atomic E-state index is 11.1. The van der Waals surface area contributed by atoms with Gasteiger partial charge in [0, 0.05) is 12.8 Å².